The molecule has 6 heteroatoms. The Balaban J connectivity index is 0.00000208. The van der Waals surface area contributed by atoms with Crippen molar-refractivity contribution in [2.45, 2.75) is 26.2 Å². The van der Waals surface area contributed by atoms with Crippen molar-refractivity contribution < 1.29 is 9.53 Å². The van der Waals surface area contributed by atoms with Crippen LogP contribution < -0.4 is 10.1 Å². The first-order valence-electron chi connectivity index (χ1n) is 8.51. The number of carbonyl (C=O) groups is 1. The number of rotatable bonds is 4. The molecule has 2 saturated heterocycles. The molecule has 24 heavy (non-hydrogen) atoms. The molecule has 4 nitrogen and oxygen atoms in total. The summed E-state index contributed by atoms with van der Waals surface area (Å²) in [4.78, 5) is 14.5. The number of halogens is 2. The Kier molecular flexibility index (Phi) is 7.38. The van der Waals surface area contributed by atoms with Gasteiger partial charge in [-0.25, -0.2) is 0 Å². The van der Waals surface area contributed by atoms with Crippen LogP contribution in [0.5, 0.6) is 5.75 Å². The molecule has 1 aromatic rings. The molecule has 1 N–H and O–H groups in total. The lowest BCUT2D eigenvalue weighted by molar-refractivity contribution is -0.131. The molecule has 0 aliphatic carbocycles. The summed E-state index contributed by atoms with van der Waals surface area (Å²) < 4.78 is 6.70. The minimum Gasteiger partial charge on any atom is -0.492 e. The van der Waals surface area contributed by atoms with E-state index in [1.807, 2.05) is 30.0 Å². The quantitative estimate of drug-likeness (QED) is 0.816. The lowest BCUT2D eigenvalue weighted by Crippen LogP contribution is -2.33. The fourth-order valence-corrected chi connectivity index (χ4v) is 4.20. The van der Waals surface area contributed by atoms with Gasteiger partial charge in [-0.2, -0.15) is 0 Å². The van der Waals surface area contributed by atoms with Crippen LogP contribution in [-0.2, 0) is 4.79 Å². The number of ether oxygens (including phenoxy) is 1. The Morgan fingerprint density at radius 1 is 1.29 bits per heavy atom. The Hall–Kier alpha value is -0.780. The molecular weight excluding hydrogens is 392 g/mol. The fraction of sp³-hybridized carbons (Fsp3) is 0.611. The molecule has 2 heterocycles. The minimum atomic E-state index is 0. The maximum absolute atomic E-state index is 12.4. The maximum atomic E-state index is 12.4. The second kappa shape index (κ2) is 9.07. The molecule has 0 radical (unpaired) electrons. The average Bonchev–Trinajstić information content (AvgIpc) is 2.88. The van der Waals surface area contributed by atoms with Crippen molar-refractivity contribution in [1.82, 2.24) is 10.2 Å². The van der Waals surface area contributed by atoms with Crippen molar-refractivity contribution in [3.63, 3.8) is 0 Å². The average molecular weight is 418 g/mol. The van der Waals surface area contributed by atoms with Gasteiger partial charge in [0, 0.05) is 13.1 Å². The molecule has 2 aliphatic rings. The lowest BCUT2D eigenvalue weighted by Gasteiger charge is -2.21. The molecule has 0 aromatic heterocycles. The molecule has 134 valence electrons. The summed E-state index contributed by atoms with van der Waals surface area (Å²) in [6, 6.07) is 5.99. The maximum Gasteiger partial charge on any atom is 0.225 e. The van der Waals surface area contributed by atoms with Gasteiger partial charge in [-0.3, -0.25) is 4.79 Å². The van der Waals surface area contributed by atoms with E-state index in [9.17, 15) is 4.79 Å². The van der Waals surface area contributed by atoms with Crippen molar-refractivity contribution in [2.24, 2.45) is 11.8 Å². The molecule has 2 fully saturated rings. The van der Waals surface area contributed by atoms with Crippen molar-refractivity contribution >= 4 is 34.2 Å². The zero-order chi connectivity index (χ0) is 16.2. The smallest absolute Gasteiger partial charge is 0.225 e. The van der Waals surface area contributed by atoms with Crippen molar-refractivity contribution in [2.75, 3.05) is 32.8 Å². The predicted octanol–water partition coefficient (Wildman–Crippen LogP) is 3.41. The molecule has 0 spiro atoms. The van der Waals surface area contributed by atoms with Gasteiger partial charge >= 0.3 is 0 Å². The summed E-state index contributed by atoms with van der Waals surface area (Å²) >= 11 is 3.50. The number of carbonyl (C=O) groups excluding carboxylic acids is 1. The highest BCUT2D eigenvalue weighted by molar-refractivity contribution is 9.10. The Bertz CT molecular complexity index is 556. The van der Waals surface area contributed by atoms with Gasteiger partial charge in [-0.05, 0) is 78.3 Å². The van der Waals surface area contributed by atoms with Crippen LogP contribution in [0.25, 0.3) is 0 Å². The normalized spacial score (nSPS) is 23.2. The summed E-state index contributed by atoms with van der Waals surface area (Å²) in [5, 5.41) is 3.47. The van der Waals surface area contributed by atoms with E-state index in [2.05, 4.69) is 21.2 Å². The van der Waals surface area contributed by atoms with Gasteiger partial charge in [-0.15, -0.1) is 12.4 Å². The molecule has 1 amide bonds. The summed E-state index contributed by atoms with van der Waals surface area (Å²) in [5.41, 5.74) is 1.19. The van der Waals surface area contributed by atoms with Gasteiger partial charge in [0.05, 0.1) is 17.5 Å². The first-order chi connectivity index (χ1) is 11.1. The first-order valence-corrected chi connectivity index (χ1v) is 9.30. The highest BCUT2D eigenvalue weighted by atomic mass is 79.9. The van der Waals surface area contributed by atoms with E-state index < -0.39 is 0 Å². The number of benzene rings is 1. The van der Waals surface area contributed by atoms with Crippen LogP contribution in [0, 0.1) is 18.8 Å². The zero-order valence-corrected chi connectivity index (χ0v) is 16.5. The van der Waals surface area contributed by atoms with Crippen molar-refractivity contribution in [3.05, 3.63) is 28.2 Å². The van der Waals surface area contributed by atoms with Crippen LogP contribution in [0.2, 0.25) is 0 Å². The topological polar surface area (TPSA) is 41.6 Å². The van der Waals surface area contributed by atoms with Gasteiger partial charge in [0.15, 0.2) is 0 Å². The second-order valence-electron chi connectivity index (χ2n) is 6.67. The standard InChI is InChI=1S/C18H25BrN2O2.ClH/c1-13-2-3-17(16(19)10-13)23-9-6-18(22)21-7-4-14-11-20-12-15(14)5-8-21;/h2-3,10,14-15,20H,4-9,11-12H2,1H3;1H/t14-,15+;. The monoisotopic (exact) mass is 416 g/mol. The first kappa shape index (κ1) is 19.5. The summed E-state index contributed by atoms with van der Waals surface area (Å²) in [6.45, 7) is 6.52. The Morgan fingerprint density at radius 3 is 2.58 bits per heavy atom. The van der Waals surface area contributed by atoms with E-state index in [1.165, 1.54) is 5.56 Å². The third-order valence-corrected chi connectivity index (χ3v) is 5.65. The Labute approximate surface area is 158 Å². The van der Waals surface area contributed by atoms with Gasteiger partial charge in [-0.1, -0.05) is 6.07 Å². The van der Waals surface area contributed by atoms with E-state index in [-0.39, 0.29) is 18.3 Å². The number of aryl methyl sites for hydroxylation is 1. The van der Waals surface area contributed by atoms with Gasteiger partial charge in [0.25, 0.3) is 0 Å². The molecule has 0 unspecified atom stereocenters. The van der Waals surface area contributed by atoms with E-state index in [0.29, 0.717) is 13.0 Å². The fourth-order valence-electron chi connectivity index (χ4n) is 3.60. The highest BCUT2D eigenvalue weighted by Gasteiger charge is 2.31. The Morgan fingerprint density at radius 2 is 1.96 bits per heavy atom. The number of nitrogens with one attached hydrogen (secondary N) is 1. The summed E-state index contributed by atoms with van der Waals surface area (Å²) in [7, 11) is 0. The van der Waals surface area contributed by atoms with E-state index in [0.717, 1.165) is 61.1 Å². The van der Waals surface area contributed by atoms with E-state index in [1.54, 1.807) is 0 Å². The molecule has 0 saturated carbocycles. The SMILES string of the molecule is Cc1ccc(OCCC(=O)N2CC[C@@H]3CNC[C@@H]3CC2)c(Br)c1.Cl. The van der Waals surface area contributed by atoms with Crippen LogP contribution in [0.1, 0.15) is 24.8 Å². The molecular formula is C18H26BrClN2O2. The number of fused-ring (bicyclic) bond motifs is 1. The molecule has 2 atom stereocenters. The van der Waals surface area contributed by atoms with E-state index >= 15 is 0 Å². The van der Waals surface area contributed by atoms with Crippen molar-refractivity contribution in [1.29, 1.82) is 0 Å². The van der Waals surface area contributed by atoms with Gasteiger partial charge in [0.1, 0.15) is 5.75 Å². The molecule has 2 aliphatic heterocycles. The van der Waals surface area contributed by atoms with Gasteiger partial charge < -0.3 is 15.0 Å². The summed E-state index contributed by atoms with van der Waals surface area (Å²) in [6.07, 6.45) is 2.72. The number of amides is 1. The number of nitrogens with zero attached hydrogens (tertiary/aromatic N) is 1. The van der Waals surface area contributed by atoms with Crippen LogP contribution in [-0.4, -0.2) is 43.6 Å². The highest BCUT2D eigenvalue weighted by Crippen LogP contribution is 2.28. The van der Waals surface area contributed by atoms with Crippen LogP contribution in [0.15, 0.2) is 22.7 Å². The number of hydrogen-bond donors (Lipinski definition) is 1. The predicted molar refractivity (Wildman–Crippen MR) is 102 cm³/mol. The molecule has 0 bridgehead atoms. The minimum absolute atomic E-state index is 0. The third kappa shape index (κ3) is 4.87. The van der Waals surface area contributed by atoms with Crippen LogP contribution in [0.3, 0.4) is 0 Å². The second-order valence-corrected chi connectivity index (χ2v) is 7.52. The third-order valence-electron chi connectivity index (χ3n) is 5.03. The number of hydrogen-bond acceptors (Lipinski definition) is 3. The molecule has 1 aromatic carbocycles. The zero-order valence-electron chi connectivity index (χ0n) is 14.1. The lowest BCUT2D eigenvalue weighted by atomic mass is 9.92. The number of likely N-dealkylation sites (tertiary alicyclic amines) is 1. The van der Waals surface area contributed by atoms with Gasteiger partial charge in [0.2, 0.25) is 5.91 Å². The largest absolute Gasteiger partial charge is 0.492 e. The van der Waals surface area contributed by atoms with E-state index in [4.69, 9.17) is 4.74 Å². The molecule has 3 rings (SSSR count). The van der Waals surface area contributed by atoms with Crippen LogP contribution >= 0.6 is 28.3 Å². The van der Waals surface area contributed by atoms with Crippen molar-refractivity contribution in [3.8, 4) is 5.75 Å². The van der Waals surface area contributed by atoms with Crippen LogP contribution in [0.4, 0.5) is 0 Å². The summed E-state index contributed by atoms with van der Waals surface area (Å²) in [5.74, 6) is 2.54.